The number of ether oxygens (including phenoxy) is 1. The number of nitrogens with one attached hydrogen (secondary N) is 1. The molecule has 0 atom stereocenters. The second kappa shape index (κ2) is 10.9. The molecule has 0 fully saturated rings. The standard InChI is InChI=1S/C36H32N4O/c1-36(2,3)27-18-19-38-35(20-27)40-33-15-8-7-14-31(33)32-17-16-30(22-34(32)40)41-29-13-9-12-28(21-29)39-24-26(23-37)25-10-5-4-6-11-25/h4-24,37,39H,1-3H3/p+1. The number of nitrogens with zero attached hydrogens (tertiary/aromatic N) is 2. The van der Waals surface area contributed by atoms with Crippen LogP contribution in [0.25, 0.3) is 33.2 Å². The minimum atomic E-state index is 0.0164. The van der Waals surface area contributed by atoms with E-state index in [0.29, 0.717) is 0 Å². The van der Waals surface area contributed by atoms with E-state index in [4.69, 9.17) is 15.1 Å². The average molecular weight is 538 g/mol. The van der Waals surface area contributed by atoms with Crippen LogP contribution in [0.1, 0.15) is 31.9 Å². The Morgan fingerprint density at radius 1 is 0.780 bits per heavy atom. The average Bonchev–Trinajstić information content (AvgIpc) is 3.31. The molecule has 2 aromatic heterocycles. The van der Waals surface area contributed by atoms with E-state index >= 15 is 0 Å². The largest absolute Gasteiger partial charge is 0.457 e. The fourth-order valence-corrected chi connectivity index (χ4v) is 5.13. The molecule has 3 N–H and O–H groups in total. The van der Waals surface area contributed by atoms with Crippen molar-refractivity contribution in [1.82, 2.24) is 9.55 Å². The number of benzene rings is 4. The number of hydrogen-bond donors (Lipinski definition) is 2. The van der Waals surface area contributed by atoms with Gasteiger partial charge in [-0.2, -0.15) is 0 Å². The first-order valence-electron chi connectivity index (χ1n) is 13.8. The Kier molecular flexibility index (Phi) is 6.96. The van der Waals surface area contributed by atoms with Gasteiger partial charge in [0.25, 0.3) is 0 Å². The lowest BCUT2D eigenvalue weighted by molar-refractivity contribution is -0.495. The molecule has 6 rings (SSSR count). The molecule has 0 saturated heterocycles. The normalized spacial score (nSPS) is 12.1. The van der Waals surface area contributed by atoms with Gasteiger partial charge in [0.05, 0.1) is 16.6 Å². The monoisotopic (exact) mass is 537 g/mol. The van der Waals surface area contributed by atoms with Gasteiger partial charge in [-0.05, 0) is 59.0 Å². The van der Waals surface area contributed by atoms with E-state index in [1.54, 1.807) is 0 Å². The lowest BCUT2D eigenvalue weighted by Gasteiger charge is -2.20. The Hall–Kier alpha value is -5.00. The van der Waals surface area contributed by atoms with Crippen LogP contribution in [0, 0.1) is 5.41 Å². The predicted molar refractivity (Wildman–Crippen MR) is 169 cm³/mol. The van der Waals surface area contributed by atoms with Gasteiger partial charge >= 0.3 is 0 Å². The van der Waals surface area contributed by atoms with Crippen LogP contribution in [0.4, 0.5) is 5.69 Å². The van der Waals surface area contributed by atoms with Crippen molar-refractivity contribution in [2.45, 2.75) is 26.2 Å². The maximum Gasteiger partial charge on any atom is 0.137 e. The van der Waals surface area contributed by atoms with Crippen molar-refractivity contribution in [3.63, 3.8) is 0 Å². The molecule has 202 valence electrons. The molecule has 5 heteroatoms. The summed E-state index contributed by atoms with van der Waals surface area (Å²) in [6.45, 7) is 6.66. The van der Waals surface area contributed by atoms with Gasteiger partial charge in [-0.15, -0.1) is 0 Å². The van der Waals surface area contributed by atoms with Crippen molar-refractivity contribution in [3.8, 4) is 17.3 Å². The molecule has 0 aliphatic heterocycles. The van der Waals surface area contributed by atoms with Crippen LogP contribution < -0.4 is 10.1 Å². The molecule has 0 spiro atoms. The molecular formula is C36H33N4O+. The first kappa shape index (κ1) is 26.2. The Morgan fingerprint density at radius 2 is 1.54 bits per heavy atom. The second-order valence-corrected chi connectivity index (χ2v) is 11.2. The third-order valence-electron chi connectivity index (χ3n) is 7.30. The molecule has 0 aliphatic rings. The highest BCUT2D eigenvalue weighted by atomic mass is 16.5. The number of allylic oxidation sites excluding steroid dienone is 1. The van der Waals surface area contributed by atoms with Crippen LogP contribution in [0.2, 0.25) is 0 Å². The number of hydrogen-bond acceptors (Lipinski definition) is 3. The highest BCUT2D eigenvalue weighted by molar-refractivity contribution is 6.09. The van der Waals surface area contributed by atoms with E-state index in [0.717, 1.165) is 50.6 Å². The number of nitrogens with two attached hydrogens (primary N) is 1. The summed E-state index contributed by atoms with van der Waals surface area (Å²) in [7, 11) is 0. The molecule has 41 heavy (non-hydrogen) atoms. The fraction of sp³-hybridized carbons (Fsp3) is 0.111. The predicted octanol–water partition coefficient (Wildman–Crippen LogP) is 8.15. The van der Waals surface area contributed by atoms with E-state index in [2.05, 4.69) is 73.9 Å². The molecule has 5 nitrogen and oxygen atoms in total. The zero-order chi connectivity index (χ0) is 28.4. The van der Waals surface area contributed by atoms with Gasteiger partial charge in [-0.25, -0.2) is 4.98 Å². The summed E-state index contributed by atoms with van der Waals surface area (Å²) in [5, 5.41) is 12.2. The van der Waals surface area contributed by atoms with Gasteiger partial charge in [0, 0.05) is 35.3 Å². The first-order chi connectivity index (χ1) is 19.9. The Labute approximate surface area is 240 Å². The highest BCUT2D eigenvalue weighted by Crippen LogP contribution is 2.35. The number of quaternary nitrogens is 1. The number of aromatic nitrogens is 2. The molecule has 0 saturated carbocycles. The molecule has 4 aromatic carbocycles. The number of para-hydroxylation sites is 1. The number of fused-ring (bicyclic) bond motifs is 3. The molecular weight excluding hydrogens is 504 g/mol. The van der Waals surface area contributed by atoms with Gasteiger partial charge in [0.2, 0.25) is 0 Å². The fourth-order valence-electron chi connectivity index (χ4n) is 5.13. The van der Waals surface area contributed by atoms with Crippen molar-refractivity contribution < 1.29 is 10.1 Å². The molecule has 0 radical (unpaired) electrons. The van der Waals surface area contributed by atoms with Crippen LogP contribution in [0.15, 0.2) is 122 Å². The maximum atomic E-state index is 7.84. The maximum absolute atomic E-state index is 7.84. The summed E-state index contributed by atoms with van der Waals surface area (Å²) in [4.78, 5) is 4.78. The zero-order valence-corrected chi connectivity index (χ0v) is 23.5. The zero-order valence-electron chi connectivity index (χ0n) is 23.5. The van der Waals surface area contributed by atoms with E-state index in [-0.39, 0.29) is 5.41 Å². The van der Waals surface area contributed by atoms with Crippen LogP contribution in [0.5, 0.6) is 11.5 Å². The van der Waals surface area contributed by atoms with Crippen molar-refractivity contribution in [2.24, 2.45) is 0 Å². The van der Waals surface area contributed by atoms with E-state index in [1.165, 1.54) is 17.2 Å². The third kappa shape index (κ3) is 5.40. The van der Waals surface area contributed by atoms with Gasteiger partial charge in [0.1, 0.15) is 29.2 Å². The lowest BCUT2D eigenvalue weighted by atomic mass is 9.88. The summed E-state index contributed by atoms with van der Waals surface area (Å²) in [5.74, 6) is 2.40. The number of pyridine rings is 1. The minimum Gasteiger partial charge on any atom is -0.457 e. The van der Waals surface area contributed by atoms with Crippen LogP contribution in [0.3, 0.4) is 0 Å². The summed E-state index contributed by atoms with van der Waals surface area (Å²) < 4.78 is 8.62. The molecule has 0 aliphatic carbocycles. The minimum absolute atomic E-state index is 0.0164. The Balaban J connectivity index is 1.35. The SMILES string of the molecule is CC(C)(C)c1ccnc(-n2c3ccccc3c3ccc(Oc4cccc([NH2+]C=C(C=N)c5ccccc5)c4)cc32)c1. The van der Waals surface area contributed by atoms with Crippen molar-refractivity contribution >= 4 is 39.3 Å². The lowest BCUT2D eigenvalue weighted by Crippen LogP contribution is -2.71. The van der Waals surface area contributed by atoms with E-state index in [9.17, 15) is 0 Å². The molecule has 2 heterocycles. The summed E-state index contributed by atoms with van der Waals surface area (Å²) in [5.41, 5.74) is 6.27. The first-order valence-corrected chi connectivity index (χ1v) is 13.8. The van der Waals surface area contributed by atoms with Gasteiger partial charge in [-0.1, -0.05) is 75.4 Å². The van der Waals surface area contributed by atoms with Crippen LogP contribution in [-0.2, 0) is 5.41 Å². The van der Waals surface area contributed by atoms with Crippen molar-refractivity contribution in [2.75, 3.05) is 0 Å². The van der Waals surface area contributed by atoms with E-state index < -0.39 is 0 Å². The molecule has 6 aromatic rings. The van der Waals surface area contributed by atoms with Crippen LogP contribution >= 0.6 is 0 Å². The van der Waals surface area contributed by atoms with Crippen molar-refractivity contribution in [1.29, 1.82) is 5.41 Å². The summed E-state index contributed by atoms with van der Waals surface area (Å²) >= 11 is 0. The highest BCUT2D eigenvalue weighted by Gasteiger charge is 2.18. The Bertz CT molecular complexity index is 1890. The Morgan fingerprint density at radius 3 is 2.34 bits per heavy atom. The molecule has 0 bridgehead atoms. The quantitative estimate of drug-likeness (QED) is 0.159. The molecule has 0 amide bonds. The third-order valence-corrected chi connectivity index (χ3v) is 7.30. The topological polar surface area (TPSA) is 67.5 Å². The molecule has 0 unspecified atom stereocenters. The van der Waals surface area contributed by atoms with Crippen molar-refractivity contribution in [3.05, 3.63) is 133 Å². The van der Waals surface area contributed by atoms with E-state index in [1.807, 2.05) is 78.4 Å². The smallest absolute Gasteiger partial charge is 0.137 e. The summed E-state index contributed by atoms with van der Waals surface area (Å²) in [6.07, 6.45) is 5.24. The van der Waals surface area contributed by atoms with Crippen LogP contribution in [-0.4, -0.2) is 15.8 Å². The second-order valence-electron chi connectivity index (χ2n) is 11.2. The van der Waals surface area contributed by atoms with Gasteiger partial charge in [-0.3, -0.25) is 9.88 Å². The van der Waals surface area contributed by atoms with Gasteiger partial charge in [0.15, 0.2) is 0 Å². The summed E-state index contributed by atoms with van der Waals surface area (Å²) in [6, 6.07) is 36.9. The van der Waals surface area contributed by atoms with Gasteiger partial charge < -0.3 is 10.1 Å². The number of rotatable bonds is 7.